The summed E-state index contributed by atoms with van der Waals surface area (Å²) in [5.74, 6) is 1.25. The summed E-state index contributed by atoms with van der Waals surface area (Å²) >= 11 is 6.51. The van der Waals surface area contributed by atoms with Crippen molar-refractivity contribution in [2.45, 2.75) is 13.5 Å². The predicted octanol–water partition coefficient (Wildman–Crippen LogP) is 6.99. The minimum Gasteiger partial charge on any atom is -0.494 e. The lowest BCUT2D eigenvalue weighted by Crippen LogP contribution is -2.16. The molecule has 0 saturated heterocycles. The SMILES string of the molecule is CCOc1ccc2oc(C(=O)N/N=C/c3cc(Cl)c(OCc4ccc5ccccc5c4)c(OC)c3)cc2c1. The van der Waals surface area contributed by atoms with Crippen LogP contribution in [0, 0.1) is 0 Å². The number of hydrogen-bond acceptors (Lipinski definition) is 6. The standard InChI is InChI=1S/C30H25ClN2O5/c1-3-36-24-10-11-26-23(15-24)16-28(38-26)30(34)33-32-17-20-13-25(31)29(27(14-20)35-2)37-18-19-8-9-21-6-4-5-7-22(21)12-19/h4-17H,3,18H2,1-2H3,(H,33,34)/b32-17+. The molecule has 0 spiro atoms. The molecule has 4 aromatic carbocycles. The van der Waals surface area contributed by atoms with Gasteiger partial charge >= 0.3 is 5.91 Å². The highest BCUT2D eigenvalue weighted by molar-refractivity contribution is 6.32. The summed E-state index contributed by atoms with van der Waals surface area (Å²) in [5.41, 5.74) is 4.68. The second kappa shape index (κ2) is 11.3. The van der Waals surface area contributed by atoms with Gasteiger partial charge in [0.1, 0.15) is 17.9 Å². The van der Waals surface area contributed by atoms with Crippen molar-refractivity contribution in [2.75, 3.05) is 13.7 Å². The van der Waals surface area contributed by atoms with Crippen molar-refractivity contribution < 1.29 is 23.4 Å². The number of ether oxygens (including phenoxy) is 3. The van der Waals surface area contributed by atoms with Crippen molar-refractivity contribution in [2.24, 2.45) is 5.10 Å². The average molecular weight is 529 g/mol. The average Bonchev–Trinajstić information content (AvgIpc) is 3.36. The summed E-state index contributed by atoms with van der Waals surface area (Å²) in [4.78, 5) is 12.5. The van der Waals surface area contributed by atoms with Crippen LogP contribution in [-0.2, 0) is 6.61 Å². The molecule has 38 heavy (non-hydrogen) atoms. The summed E-state index contributed by atoms with van der Waals surface area (Å²) in [7, 11) is 1.54. The molecule has 1 amide bonds. The van der Waals surface area contributed by atoms with E-state index in [2.05, 4.69) is 34.8 Å². The zero-order valence-electron chi connectivity index (χ0n) is 20.9. The van der Waals surface area contributed by atoms with E-state index in [1.165, 1.54) is 18.7 Å². The number of methoxy groups -OCH3 is 1. The van der Waals surface area contributed by atoms with Gasteiger partial charge in [0.2, 0.25) is 0 Å². The first-order chi connectivity index (χ1) is 18.5. The van der Waals surface area contributed by atoms with E-state index in [1.807, 2.05) is 31.2 Å². The van der Waals surface area contributed by atoms with Crippen LogP contribution in [-0.4, -0.2) is 25.8 Å². The normalized spacial score (nSPS) is 11.2. The molecule has 0 aliphatic carbocycles. The molecule has 0 aliphatic rings. The van der Waals surface area contributed by atoms with Gasteiger partial charge in [-0.3, -0.25) is 4.79 Å². The molecule has 7 nitrogen and oxygen atoms in total. The molecule has 0 unspecified atom stereocenters. The fraction of sp³-hybridized carbons (Fsp3) is 0.133. The molecule has 5 aromatic rings. The van der Waals surface area contributed by atoms with Crippen LogP contribution >= 0.6 is 11.6 Å². The van der Waals surface area contributed by atoms with Gasteiger partial charge in [-0.2, -0.15) is 5.10 Å². The summed E-state index contributed by atoms with van der Waals surface area (Å²) in [6.45, 7) is 2.79. The van der Waals surface area contributed by atoms with E-state index in [9.17, 15) is 4.79 Å². The minimum absolute atomic E-state index is 0.138. The maximum absolute atomic E-state index is 12.5. The van der Waals surface area contributed by atoms with Gasteiger partial charge < -0.3 is 18.6 Å². The third-order valence-corrected chi connectivity index (χ3v) is 6.13. The van der Waals surface area contributed by atoms with E-state index < -0.39 is 5.91 Å². The number of carbonyl (C=O) groups is 1. The Morgan fingerprint density at radius 3 is 2.63 bits per heavy atom. The molecule has 1 heterocycles. The highest BCUT2D eigenvalue weighted by Gasteiger charge is 2.14. The van der Waals surface area contributed by atoms with E-state index in [0.29, 0.717) is 46.6 Å². The van der Waals surface area contributed by atoms with E-state index >= 15 is 0 Å². The third kappa shape index (κ3) is 5.58. The van der Waals surface area contributed by atoms with Crippen molar-refractivity contribution in [1.82, 2.24) is 5.43 Å². The molecule has 1 N–H and O–H groups in total. The smallest absolute Gasteiger partial charge is 0.307 e. The van der Waals surface area contributed by atoms with Crippen LogP contribution in [0.25, 0.3) is 21.7 Å². The summed E-state index contributed by atoms with van der Waals surface area (Å²) in [5, 5.41) is 7.47. The molecule has 0 saturated carbocycles. The van der Waals surface area contributed by atoms with Crippen LogP contribution in [0.3, 0.4) is 0 Å². The Morgan fingerprint density at radius 1 is 0.974 bits per heavy atom. The molecule has 0 bridgehead atoms. The number of amides is 1. The van der Waals surface area contributed by atoms with Gasteiger partial charge in [-0.1, -0.05) is 48.0 Å². The monoisotopic (exact) mass is 528 g/mol. The fourth-order valence-corrected chi connectivity index (χ4v) is 4.32. The molecule has 192 valence electrons. The second-order valence-corrected chi connectivity index (χ2v) is 8.85. The Kier molecular flexibility index (Phi) is 7.47. The summed E-state index contributed by atoms with van der Waals surface area (Å²) in [6, 6.07) is 24.7. The highest BCUT2D eigenvalue weighted by atomic mass is 35.5. The number of hydrogen-bond donors (Lipinski definition) is 1. The zero-order chi connectivity index (χ0) is 26.5. The fourth-order valence-electron chi connectivity index (χ4n) is 4.05. The number of rotatable bonds is 9. The third-order valence-electron chi connectivity index (χ3n) is 5.85. The molecule has 1 aromatic heterocycles. The van der Waals surface area contributed by atoms with Gasteiger partial charge in [-0.15, -0.1) is 0 Å². The molecule has 0 aliphatic heterocycles. The molecule has 8 heteroatoms. The predicted molar refractivity (Wildman–Crippen MR) is 149 cm³/mol. The van der Waals surface area contributed by atoms with Crippen LogP contribution in [0.15, 0.2) is 88.4 Å². The number of nitrogens with zero attached hydrogens (tertiary/aromatic N) is 1. The van der Waals surface area contributed by atoms with Gasteiger partial charge in [0.25, 0.3) is 0 Å². The number of fused-ring (bicyclic) bond motifs is 2. The largest absolute Gasteiger partial charge is 0.494 e. The Balaban J connectivity index is 1.25. The molecule has 0 atom stereocenters. The van der Waals surface area contributed by atoms with Crippen LogP contribution in [0.5, 0.6) is 17.2 Å². The number of carbonyl (C=O) groups excluding carboxylic acids is 1. The number of nitrogens with one attached hydrogen (secondary N) is 1. The lowest BCUT2D eigenvalue weighted by Gasteiger charge is -2.13. The molecule has 0 fully saturated rings. The van der Waals surface area contributed by atoms with Crippen LogP contribution in [0.1, 0.15) is 28.6 Å². The minimum atomic E-state index is -0.483. The van der Waals surface area contributed by atoms with E-state index in [4.69, 9.17) is 30.2 Å². The lowest BCUT2D eigenvalue weighted by molar-refractivity contribution is 0.0929. The van der Waals surface area contributed by atoms with Gasteiger partial charge in [0.15, 0.2) is 17.3 Å². The van der Waals surface area contributed by atoms with Crippen LogP contribution < -0.4 is 19.6 Å². The van der Waals surface area contributed by atoms with Gasteiger partial charge in [0, 0.05) is 5.39 Å². The molecule has 0 radical (unpaired) electrons. The zero-order valence-corrected chi connectivity index (χ0v) is 21.6. The van der Waals surface area contributed by atoms with Crippen molar-refractivity contribution in [3.05, 3.63) is 101 Å². The van der Waals surface area contributed by atoms with Gasteiger partial charge in [-0.25, -0.2) is 5.43 Å². The first-order valence-electron chi connectivity index (χ1n) is 12.0. The second-order valence-electron chi connectivity index (χ2n) is 8.45. The highest BCUT2D eigenvalue weighted by Crippen LogP contribution is 2.36. The van der Waals surface area contributed by atoms with Crippen molar-refractivity contribution in [3.63, 3.8) is 0 Å². The first kappa shape index (κ1) is 25.2. The van der Waals surface area contributed by atoms with Crippen LogP contribution in [0.4, 0.5) is 0 Å². The van der Waals surface area contributed by atoms with Gasteiger partial charge in [-0.05, 0) is 71.3 Å². The number of furan rings is 1. The summed E-state index contributed by atoms with van der Waals surface area (Å²) < 4.78 is 22.6. The Hall–Kier alpha value is -4.49. The Morgan fingerprint density at radius 2 is 1.82 bits per heavy atom. The number of halogens is 1. The van der Waals surface area contributed by atoms with Crippen LogP contribution in [0.2, 0.25) is 5.02 Å². The van der Waals surface area contributed by atoms with Crippen molar-refractivity contribution in [3.8, 4) is 17.2 Å². The lowest BCUT2D eigenvalue weighted by atomic mass is 10.1. The van der Waals surface area contributed by atoms with Gasteiger partial charge in [0.05, 0.1) is 25.0 Å². The van der Waals surface area contributed by atoms with E-state index in [0.717, 1.165) is 16.3 Å². The topological polar surface area (TPSA) is 82.3 Å². The maximum Gasteiger partial charge on any atom is 0.307 e. The first-order valence-corrected chi connectivity index (χ1v) is 12.4. The van der Waals surface area contributed by atoms with Crippen molar-refractivity contribution >= 4 is 45.5 Å². The van der Waals surface area contributed by atoms with Crippen molar-refractivity contribution in [1.29, 1.82) is 0 Å². The molecular formula is C30H25ClN2O5. The molecule has 5 rings (SSSR count). The Bertz CT molecular complexity index is 1640. The number of benzene rings is 4. The Labute approximate surface area is 224 Å². The number of hydrazone groups is 1. The maximum atomic E-state index is 12.5. The summed E-state index contributed by atoms with van der Waals surface area (Å²) in [6.07, 6.45) is 1.47. The molecular weight excluding hydrogens is 504 g/mol. The van der Waals surface area contributed by atoms with E-state index in [-0.39, 0.29) is 5.76 Å². The quantitative estimate of drug-likeness (QED) is 0.165. The van der Waals surface area contributed by atoms with E-state index in [1.54, 1.807) is 30.3 Å².